The second kappa shape index (κ2) is 12.7. The van der Waals surface area contributed by atoms with Crippen molar-refractivity contribution in [3.63, 3.8) is 0 Å². The van der Waals surface area contributed by atoms with Crippen LogP contribution in [-0.4, -0.2) is 43.8 Å². The summed E-state index contributed by atoms with van der Waals surface area (Å²) in [5.74, 6) is -0.842. The molecule has 0 aliphatic rings. The molecule has 1 N–H and O–H groups in total. The number of carbonyl (C=O) groups is 2. The molecule has 0 spiro atoms. The Kier molecular flexibility index (Phi) is 9.80. The standard InChI is InChI=1S/C30H36ClN3O4S/c1-20(2)32-30(36)24(6)33(18-25-12-7-21(3)8-13-25)29(35)19-34(26-14-11-23(5)28(31)17-26)39(37,38)27-15-9-22(4)10-16-27/h7-17,20,24H,18-19H2,1-6H3,(H,32,36)/t24-/m1/s1. The molecule has 3 aromatic rings. The summed E-state index contributed by atoms with van der Waals surface area (Å²) in [7, 11) is -4.15. The lowest BCUT2D eigenvalue weighted by Crippen LogP contribution is -2.52. The van der Waals surface area contributed by atoms with Gasteiger partial charge in [-0.3, -0.25) is 13.9 Å². The number of nitrogens with zero attached hydrogens (tertiary/aromatic N) is 2. The summed E-state index contributed by atoms with van der Waals surface area (Å²) >= 11 is 6.36. The minimum absolute atomic E-state index is 0.0493. The minimum atomic E-state index is -4.15. The molecule has 0 bridgehead atoms. The third-order valence-electron chi connectivity index (χ3n) is 6.40. The summed E-state index contributed by atoms with van der Waals surface area (Å²) in [6.07, 6.45) is 0. The first kappa shape index (κ1) is 30.2. The van der Waals surface area contributed by atoms with Gasteiger partial charge in [0.2, 0.25) is 11.8 Å². The van der Waals surface area contributed by atoms with E-state index in [9.17, 15) is 18.0 Å². The van der Waals surface area contributed by atoms with Gasteiger partial charge in [-0.15, -0.1) is 0 Å². The number of amides is 2. The number of hydrogen-bond acceptors (Lipinski definition) is 4. The highest BCUT2D eigenvalue weighted by Gasteiger charge is 2.32. The monoisotopic (exact) mass is 569 g/mol. The fraction of sp³-hybridized carbons (Fsp3) is 0.333. The molecule has 3 rings (SSSR count). The topological polar surface area (TPSA) is 86.8 Å². The summed E-state index contributed by atoms with van der Waals surface area (Å²) in [6, 6.07) is 18.0. The van der Waals surface area contributed by atoms with Gasteiger partial charge in [-0.2, -0.15) is 0 Å². The summed E-state index contributed by atoms with van der Waals surface area (Å²) in [6.45, 7) is 10.6. The molecule has 7 nitrogen and oxygen atoms in total. The van der Waals surface area contributed by atoms with Crippen LogP contribution in [0.5, 0.6) is 0 Å². The van der Waals surface area contributed by atoms with E-state index in [2.05, 4.69) is 5.32 Å². The van der Waals surface area contributed by atoms with Gasteiger partial charge in [-0.05, 0) is 76.9 Å². The lowest BCUT2D eigenvalue weighted by molar-refractivity contribution is -0.139. The largest absolute Gasteiger partial charge is 0.352 e. The smallest absolute Gasteiger partial charge is 0.264 e. The molecule has 2 amide bonds. The molecular formula is C30H36ClN3O4S. The van der Waals surface area contributed by atoms with E-state index in [4.69, 9.17) is 11.6 Å². The number of halogens is 1. The number of hydrogen-bond donors (Lipinski definition) is 1. The normalized spacial score (nSPS) is 12.2. The van der Waals surface area contributed by atoms with Crippen LogP contribution in [0.4, 0.5) is 5.69 Å². The summed E-state index contributed by atoms with van der Waals surface area (Å²) in [5, 5.41) is 3.23. The van der Waals surface area contributed by atoms with Gasteiger partial charge in [-0.25, -0.2) is 8.42 Å². The van der Waals surface area contributed by atoms with Gasteiger partial charge in [0, 0.05) is 17.6 Å². The van der Waals surface area contributed by atoms with Crippen LogP contribution in [0.25, 0.3) is 0 Å². The van der Waals surface area contributed by atoms with Crippen LogP contribution in [0.3, 0.4) is 0 Å². The van der Waals surface area contributed by atoms with Crippen molar-refractivity contribution >= 4 is 39.1 Å². The Balaban J connectivity index is 2.05. The van der Waals surface area contributed by atoms with Crippen LogP contribution in [0.1, 0.15) is 43.0 Å². The molecular weight excluding hydrogens is 534 g/mol. The molecule has 3 aromatic carbocycles. The van der Waals surface area contributed by atoms with E-state index in [1.54, 1.807) is 31.2 Å². The minimum Gasteiger partial charge on any atom is -0.352 e. The average molecular weight is 570 g/mol. The highest BCUT2D eigenvalue weighted by molar-refractivity contribution is 7.92. The number of sulfonamides is 1. The van der Waals surface area contributed by atoms with E-state index in [1.807, 2.05) is 58.9 Å². The highest BCUT2D eigenvalue weighted by atomic mass is 35.5. The van der Waals surface area contributed by atoms with Crippen LogP contribution in [0.15, 0.2) is 71.6 Å². The van der Waals surface area contributed by atoms with Crippen molar-refractivity contribution in [1.29, 1.82) is 0 Å². The van der Waals surface area contributed by atoms with Crippen molar-refractivity contribution in [3.8, 4) is 0 Å². The van der Waals surface area contributed by atoms with Crippen molar-refractivity contribution in [3.05, 3.63) is 94.0 Å². The molecule has 0 aliphatic heterocycles. The lowest BCUT2D eigenvalue weighted by atomic mass is 10.1. The third-order valence-corrected chi connectivity index (χ3v) is 8.60. The molecule has 1 atom stereocenters. The molecule has 0 aromatic heterocycles. The zero-order chi connectivity index (χ0) is 28.9. The van der Waals surface area contributed by atoms with Crippen molar-refractivity contribution < 1.29 is 18.0 Å². The first-order valence-corrected chi connectivity index (χ1v) is 14.6. The lowest BCUT2D eigenvalue weighted by Gasteiger charge is -2.32. The van der Waals surface area contributed by atoms with Gasteiger partial charge in [0.15, 0.2) is 0 Å². The van der Waals surface area contributed by atoms with Crippen LogP contribution in [-0.2, 0) is 26.2 Å². The number of benzene rings is 3. The first-order chi connectivity index (χ1) is 18.3. The molecule has 0 unspecified atom stereocenters. The molecule has 0 saturated heterocycles. The number of carbonyl (C=O) groups excluding carboxylic acids is 2. The Morgan fingerprint density at radius 3 is 1.97 bits per heavy atom. The van der Waals surface area contributed by atoms with Crippen molar-refractivity contribution in [2.24, 2.45) is 0 Å². The Bertz CT molecular complexity index is 1420. The number of anilines is 1. The van der Waals surface area contributed by atoms with Crippen molar-refractivity contribution in [2.45, 2.75) is 65.1 Å². The van der Waals surface area contributed by atoms with E-state index >= 15 is 0 Å². The van der Waals surface area contributed by atoms with E-state index in [0.29, 0.717) is 5.02 Å². The predicted molar refractivity (Wildman–Crippen MR) is 156 cm³/mol. The molecule has 208 valence electrons. The van der Waals surface area contributed by atoms with Crippen LogP contribution < -0.4 is 9.62 Å². The Labute approximate surface area is 236 Å². The fourth-order valence-corrected chi connectivity index (χ4v) is 5.56. The average Bonchev–Trinajstić information content (AvgIpc) is 2.88. The Hall–Kier alpha value is -3.36. The second-order valence-electron chi connectivity index (χ2n) is 10.1. The fourth-order valence-electron chi connectivity index (χ4n) is 3.98. The molecule has 0 aliphatic carbocycles. The van der Waals surface area contributed by atoms with E-state index in [-0.39, 0.29) is 29.1 Å². The van der Waals surface area contributed by atoms with Crippen LogP contribution in [0.2, 0.25) is 5.02 Å². The summed E-state index contributed by atoms with van der Waals surface area (Å²) in [5.41, 5.74) is 3.83. The SMILES string of the molecule is Cc1ccc(CN(C(=O)CN(c2ccc(C)c(Cl)c2)S(=O)(=O)c2ccc(C)cc2)[C@H](C)C(=O)NC(C)C)cc1. The highest BCUT2D eigenvalue weighted by Crippen LogP contribution is 2.28. The first-order valence-electron chi connectivity index (χ1n) is 12.8. The van der Waals surface area contributed by atoms with Gasteiger partial charge in [0.25, 0.3) is 10.0 Å². The van der Waals surface area contributed by atoms with Crippen LogP contribution in [0, 0.1) is 20.8 Å². The maximum atomic E-state index is 13.9. The molecule has 0 fully saturated rings. The predicted octanol–water partition coefficient (Wildman–Crippen LogP) is 5.40. The van der Waals surface area contributed by atoms with Gasteiger partial charge >= 0.3 is 0 Å². The summed E-state index contributed by atoms with van der Waals surface area (Å²) < 4.78 is 28.8. The second-order valence-corrected chi connectivity index (χ2v) is 12.4. The maximum Gasteiger partial charge on any atom is 0.264 e. The Morgan fingerprint density at radius 2 is 1.44 bits per heavy atom. The number of rotatable bonds is 10. The molecule has 9 heteroatoms. The van der Waals surface area contributed by atoms with E-state index in [1.165, 1.54) is 23.1 Å². The molecule has 0 radical (unpaired) electrons. The number of nitrogens with one attached hydrogen (secondary N) is 1. The third kappa shape index (κ3) is 7.61. The zero-order valence-electron chi connectivity index (χ0n) is 23.2. The van der Waals surface area contributed by atoms with Gasteiger partial charge in [0.1, 0.15) is 12.6 Å². The van der Waals surface area contributed by atoms with Gasteiger partial charge in [-0.1, -0.05) is 65.2 Å². The van der Waals surface area contributed by atoms with Crippen molar-refractivity contribution in [2.75, 3.05) is 10.8 Å². The molecule has 0 heterocycles. The number of aryl methyl sites for hydroxylation is 3. The molecule has 39 heavy (non-hydrogen) atoms. The van der Waals surface area contributed by atoms with Crippen LogP contribution >= 0.6 is 11.6 Å². The quantitative estimate of drug-likeness (QED) is 0.354. The summed E-state index contributed by atoms with van der Waals surface area (Å²) in [4.78, 5) is 28.4. The van der Waals surface area contributed by atoms with Gasteiger partial charge in [0.05, 0.1) is 10.6 Å². The van der Waals surface area contributed by atoms with Crippen molar-refractivity contribution in [1.82, 2.24) is 10.2 Å². The molecule has 0 saturated carbocycles. The Morgan fingerprint density at radius 1 is 0.872 bits per heavy atom. The van der Waals surface area contributed by atoms with E-state index in [0.717, 1.165) is 26.6 Å². The van der Waals surface area contributed by atoms with E-state index < -0.39 is 28.5 Å². The maximum absolute atomic E-state index is 13.9. The van der Waals surface area contributed by atoms with Gasteiger partial charge < -0.3 is 10.2 Å². The zero-order valence-corrected chi connectivity index (χ0v) is 24.8.